The maximum Gasteiger partial charge on any atom is 0.408 e. The van der Waals surface area contributed by atoms with Crippen molar-refractivity contribution >= 4 is 11.7 Å². The Morgan fingerprint density at radius 3 is 2.70 bits per heavy atom. The smallest absolute Gasteiger partial charge is 0.357 e. The standard InChI is InChI=1S/C12H17F3N4O/c1-9(11(20)18-5-2-3-6-18)16-10-4-7-19(17-10)8-12(13,14)15/h4,7,9H,2-3,5-6,8H2,1H3,(H,16,17)/t9-/m1/s1. The molecule has 1 aliphatic heterocycles. The number of hydrogen-bond donors (Lipinski definition) is 1. The normalized spacial score (nSPS) is 17.3. The molecule has 1 aromatic heterocycles. The number of halogens is 3. The van der Waals surface area contributed by atoms with Crippen LogP contribution in [0, 0.1) is 0 Å². The van der Waals surface area contributed by atoms with Crippen LogP contribution in [0.25, 0.3) is 0 Å². The summed E-state index contributed by atoms with van der Waals surface area (Å²) in [5.41, 5.74) is 0. The molecule has 0 radical (unpaired) electrons. The fourth-order valence-corrected chi connectivity index (χ4v) is 2.21. The molecule has 1 amide bonds. The van der Waals surface area contributed by atoms with Crippen molar-refractivity contribution in [2.24, 2.45) is 0 Å². The van der Waals surface area contributed by atoms with E-state index in [2.05, 4.69) is 10.4 Å². The van der Waals surface area contributed by atoms with Crippen LogP contribution in [0.15, 0.2) is 12.3 Å². The van der Waals surface area contributed by atoms with E-state index in [0.717, 1.165) is 30.6 Å². The van der Waals surface area contributed by atoms with Crippen LogP contribution in [0.1, 0.15) is 19.8 Å². The molecule has 5 nitrogen and oxygen atoms in total. The lowest BCUT2D eigenvalue weighted by atomic mass is 10.3. The quantitative estimate of drug-likeness (QED) is 0.921. The molecule has 0 saturated carbocycles. The molecule has 1 saturated heterocycles. The predicted molar refractivity (Wildman–Crippen MR) is 67.2 cm³/mol. The maximum absolute atomic E-state index is 12.2. The minimum atomic E-state index is -4.31. The molecule has 2 rings (SSSR count). The first-order chi connectivity index (χ1) is 9.35. The predicted octanol–water partition coefficient (Wildman–Crippen LogP) is 1.87. The lowest BCUT2D eigenvalue weighted by molar-refractivity contribution is -0.142. The van der Waals surface area contributed by atoms with Crippen molar-refractivity contribution in [3.8, 4) is 0 Å². The van der Waals surface area contributed by atoms with E-state index >= 15 is 0 Å². The summed E-state index contributed by atoms with van der Waals surface area (Å²) < 4.78 is 37.4. The second-order valence-corrected chi connectivity index (χ2v) is 4.91. The first-order valence-electron chi connectivity index (χ1n) is 6.51. The van der Waals surface area contributed by atoms with Gasteiger partial charge in [0.05, 0.1) is 0 Å². The number of carbonyl (C=O) groups excluding carboxylic acids is 1. The van der Waals surface area contributed by atoms with Crippen molar-refractivity contribution in [3.05, 3.63) is 12.3 Å². The van der Waals surface area contributed by atoms with Gasteiger partial charge in [-0.1, -0.05) is 0 Å². The highest BCUT2D eigenvalue weighted by Crippen LogP contribution is 2.18. The van der Waals surface area contributed by atoms with Crippen LogP contribution in [-0.2, 0) is 11.3 Å². The van der Waals surface area contributed by atoms with Gasteiger partial charge in [0.2, 0.25) is 5.91 Å². The highest BCUT2D eigenvalue weighted by Gasteiger charge is 2.28. The third-order valence-electron chi connectivity index (χ3n) is 3.13. The zero-order valence-corrected chi connectivity index (χ0v) is 11.2. The van der Waals surface area contributed by atoms with Gasteiger partial charge >= 0.3 is 6.18 Å². The number of likely N-dealkylation sites (tertiary alicyclic amines) is 1. The Kier molecular flexibility index (Phi) is 4.20. The lowest BCUT2D eigenvalue weighted by Gasteiger charge is -2.20. The van der Waals surface area contributed by atoms with Crippen molar-refractivity contribution in [2.45, 2.75) is 38.5 Å². The summed E-state index contributed by atoms with van der Waals surface area (Å²) in [6, 6.07) is 0.932. The Balaban J connectivity index is 1.91. The van der Waals surface area contributed by atoms with Gasteiger partial charge in [-0.3, -0.25) is 9.48 Å². The molecule has 0 spiro atoms. The molecule has 1 aromatic rings. The molecule has 1 fully saturated rings. The number of anilines is 1. The Bertz CT molecular complexity index is 466. The van der Waals surface area contributed by atoms with Crippen molar-refractivity contribution < 1.29 is 18.0 Å². The van der Waals surface area contributed by atoms with E-state index in [-0.39, 0.29) is 11.7 Å². The van der Waals surface area contributed by atoms with Gasteiger partial charge in [0, 0.05) is 25.4 Å². The van der Waals surface area contributed by atoms with E-state index in [1.54, 1.807) is 11.8 Å². The van der Waals surface area contributed by atoms with Crippen molar-refractivity contribution in [2.75, 3.05) is 18.4 Å². The summed E-state index contributed by atoms with van der Waals surface area (Å²) in [5.74, 6) is 0.224. The average molecular weight is 290 g/mol. The van der Waals surface area contributed by atoms with Crippen molar-refractivity contribution in [3.63, 3.8) is 0 Å². The maximum atomic E-state index is 12.2. The summed E-state index contributed by atoms with van der Waals surface area (Å²) >= 11 is 0. The molecule has 1 atom stereocenters. The SMILES string of the molecule is C[C@@H](Nc1ccn(CC(F)(F)F)n1)C(=O)N1CCCC1. The van der Waals surface area contributed by atoms with Gasteiger partial charge in [0.25, 0.3) is 0 Å². The van der Waals surface area contributed by atoms with Gasteiger partial charge in [-0.2, -0.15) is 18.3 Å². The summed E-state index contributed by atoms with van der Waals surface area (Å²) in [6.07, 6.45) is -1.07. The molecule has 1 N–H and O–H groups in total. The molecule has 20 heavy (non-hydrogen) atoms. The molecule has 0 aliphatic carbocycles. The van der Waals surface area contributed by atoms with E-state index in [1.807, 2.05) is 0 Å². The summed E-state index contributed by atoms with van der Waals surface area (Å²) in [6.45, 7) is 2.04. The van der Waals surface area contributed by atoms with Gasteiger partial charge in [-0.05, 0) is 19.8 Å². The third kappa shape index (κ3) is 3.88. The minimum absolute atomic E-state index is 0.0483. The number of nitrogens with one attached hydrogen (secondary N) is 1. The second kappa shape index (κ2) is 5.72. The van der Waals surface area contributed by atoms with Gasteiger partial charge < -0.3 is 10.2 Å². The first-order valence-corrected chi connectivity index (χ1v) is 6.51. The number of amides is 1. The average Bonchev–Trinajstić information content (AvgIpc) is 2.97. The van der Waals surface area contributed by atoms with Gasteiger partial charge in [-0.25, -0.2) is 0 Å². The monoisotopic (exact) mass is 290 g/mol. The molecular weight excluding hydrogens is 273 g/mol. The topological polar surface area (TPSA) is 50.2 Å². The van der Waals surface area contributed by atoms with Crippen LogP contribution in [0.4, 0.5) is 19.0 Å². The van der Waals surface area contributed by atoms with Gasteiger partial charge in [0.1, 0.15) is 18.4 Å². The number of carbonyl (C=O) groups is 1. The van der Waals surface area contributed by atoms with Crippen LogP contribution < -0.4 is 5.32 Å². The fraction of sp³-hybridized carbons (Fsp3) is 0.667. The van der Waals surface area contributed by atoms with E-state index in [4.69, 9.17) is 0 Å². The zero-order valence-electron chi connectivity index (χ0n) is 11.2. The molecule has 112 valence electrons. The molecule has 0 unspecified atom stereocenters. The molecule has 1 aliphatic rings. The molecule has 8 heteroatoms. The number of nitrogens with zero attached hydrogens (tertiary/aromatic N) is 3. The van der Waals surface area contributed by atoms with Crippen LogP contribution in [0.2, 0.25) is 0 Å². The zero-order chi connectivity index (χ0) is 14.8. The van der Waals surface area contributed by atoms with Crippen molar-refractivity contribution in [1.82, 2.24) is 14.7 Å². The Morgan fingerprint density at radius 1 is 1.45 bits per heavy atom. The molecule has 2 heterocycles. The Labute approximate surface area is 114 Å². The Hall–Kier alpha value is -1.73. The molecule has 0 aromatic carbocycles. The van der Waals surface area contributed by atoms with E-state index in [1.165, 1.54) is 12.3 Å². The van der Waals surface area contributed by atoms with Crippen LogP contribution in [-0.4, -0.2) is 45.9 Å². The lowest BCUT2D eigenvalue weighted by Crippen LogP contribution is -2.39. The fourth-order valence-electron chi connectivity index (χ4n) is 2.21. The van der Waals surface area contributed by atoms with Crippen LogP contribution in [0.3, 0.4) is 0 Å². The summed E-state index contributed by atoms with van der Waals surface area (Å²) in [4.78, 5) is 13.8. The summed E-state index contributed by atoms with van der Waals surface area (Å²) in [7, 11) is 0. The summed E-state index contributed by atoms with van der Waals surface area (Å²) in [5, 5.41) is 6.59. The van der Waals surface area contributed by atoms with E-state index < -0.39 is 18.8 Å². The van der Waals surface area contributed by atoms with Gasteiger partial charge in [-0.15, -0.1) is 0 Å². The van der Waals surface area contributed by atoms with Gasteiger partial charge in [0.15, 0.2) is 0 Å². The van der Waals surface area contributed by atoms with E-state index in [0.29, 0.717) is 0 Å². The second-order valence-electron chi connectivity index (χ2n) is 4.91. The largest absolute Gasteiger partial charge is 0.408 e. The number of aromatic nitrogens is 2. The van der Waals surface area contributed by atoms with Crippen LogP contribution in [0.5, 0.6) is 0 Å². The number of hydrogen-bond acceptors (Lipinski definition) is 3. The molecular formula is C12H17F3N4O. The highest BCUT2D eigenvalue weighted by atomic mass is 19.4. The first kappa shape index (κ1) is 14.7. The van der Waals surface area contributed by atoms with Crippen LogP contribution >= 0.6 is 0 Å². The number of alkyl halides is 3. The Morgan fingerprint density at radius 2 is 2.10 bits per heavy atom. The van der Waals surface area contributed by atoms with Crippen molar-refractivity contribution in [1.29, 1.82) is 0 Å². The highest BCUT2D eigenvalue weighted by molar-refractivity contribution is 5.84. The third-order valence-corrected chi connectivity index (χ3v) is 3.13. The number of rotatable bonds is 4. The molecule has 0 bridgehead atoms. The minimum Gasteiger partial charge on any atom is -0.357 e. The van der Waals surface area contributed by atoms with E-state index in [9.17, 15) is 18.0 Å².